The van der Waals surface area contributed by atoms with Gasteiger partial charge in [0.15, 0.2) is 9.84 Å². The van der Waals surface area contributed by atoms with Crippen LogP contribution in [0.2, 0.25) is 10.0 Å². The molecule has 2 unspecified atom stereocenters. The molecule has 0 radical (unpaired) electrons. The average Bonchev–Trinajstić information content (AvgIpc) is 2.63. The molecule has 0 bridgehead atoms. The van der Waals surface area contributed by atoms with Crippen molar-refractivity contribution in [1.29, 1.82) is 0 Å². The Kier molecular flexibility index (Phi) is 4.20. The van der Waals surface area contributed by atoms with Gasteiger partial charge in [-0.3, -0.25) is 0 Å². The quantitative estimate of drug-likeness (QED) is 0.869. The Balaban J connectivity index is 2.15. The SMILES string of the molecule is CC(NC1C=CS(=O)(=O)C1)c1cc(F)c(Cl)cc1Cl. The fourth-order valence-electron chi connectivity index (χ4n) is 1.96. The highest BCUT2D eigenvalue weighted by atomic mass is 35.5. The van der Waals surface area contributed by atoms with E-state index in [1.807, 2.05) is 0 Å². The summed E-state index contributed by atoms with van der Waals surface area (Å²) in [4.78, 5) is 0. The lowest BCUT2D eigenvalue weighted by Gasteiger charge is -2.19. The molecule has 1 aromatic rings. The summed E-state index contributed by atoms with van der Waals surface area (Å²) in [6.45, 7) is 1.79. The van der Waals surface area contributed by atoms with Crippen LogP contribution in [0.5, 0.6) is 0 Å². The summed E-state index contributed by atoms with van der Waals surface area (Å²) in [5, 5.41) is 4.57. The molecule has 0 saturated heterocycles. The molecule has 7 heteroatoms. The lowest BCUT2D eigenvalue weighted by Crippen LogP contribution is -2.32. The third-order valence-electron chi connectivity index (χ3n) is 2.90. The van der Waals surface area contributed by atoms with E-state index < -0.39 is 15.7 Å². The molecule has 1 aliphatic rings. The van der Waals surface area contributed by atoms with Crippen LogP contribution < -0.4 is 5.32 Å². The van der Waals surface area contributed by atoms with Crippen molar-refractivity contribution in [3.8, 4) is 0 Å². The van der Waals surface area contributed by atoms with Crippen molar-refractivity contribution in [1.82, 2.24) is 5.32 Å². The number of nitrogens with one attached hydrogen (secondary N) is 1. The Bertz CT molecular complexity index is 631. The van der Waals surface area contributed by atoms with Gasteiger partial charge in [-0.25, -0.2) is 12.8 Å². The molecule has 1 heterocycles. The van der Waals surface area contributed by atoms with Crippen LogP contribution in [-0.4, -0.2) is 20.2 Å². The Morgan fingerprint density at radius 1 is 1.37 bits per heavy atom. The number of rotatable bonds is 3. The summed E-state index contributed by atoms with van der Waals surface area (Å²) in [6, 6.07) is 2.01. The largest absolute Gasteiger partial charge is 0.303 e. The molecule has 0 saturated carbocycles. The minimum atomic E-state index is -3.12. The van der Waals surface area contributed by atoms with Gasteiger partial charge in [0.1, 0.15) is 5.82 Å². The predicted molar refractivity (Wildman–Crippen MR) is 74.7 cm³/mol. The second-order valence-electron chi connectivity index (χ2n) is 4.44. The first kappa shape index (κ1) is 14.8. The maximum Gasteiger partial charge on any atom is 0.173 e. The summed E-state index contributed by atoms with van der Waals surface area (Å²) in [7, 11) is -3.12. The standard InChI is InChI=1S/C12H12Cl2FNO2S/c1-7(16-8-2-3-19(17,18)6-8)9-4-12(15)11(14)5-10(9)13/h2-5,7-8,16H,6H2,1H3. The van der Waals surface area contributed by atoms with Crippen LogP contribution in [0.3, 0.4) is 0 Å². The van der Waals surface area contributed by atoms with Crippen molar-refractivity contribution in [3.63, 3.8) is 0 Å². The maximum absolute atomic E-state index is 13.4. The van der Waals surface area contributed by atoms with Gasteiger partial charge in [-0.05, 0) is 24.6 Å². The molecule has 1 aliphatic heterocycles. The smallest absolute Gasteiger partial charge is 0.173 e. The Morgan fingerprint density at radius 3 is 2.63 bits per heavy atom. The monoisotopic (exact) mass is 323 g/mol. The molecule has 0 aliphatic carbocycles. The lowest BCUT2D eigenvalue weighted by atomic mass is 10.1. The van der Waals surface area contributed by atoms with Gasteiger partial charge >= 0.3 is 0 Å². The summed E-state index contributed by atoms with van der Waals surface area (Å²) >= 11 is 11.6. The van der Waals surface area contributed by atoms with Gasteiger partial charge in [0, 0.05) is 22.5 Å². The first-order valence-electron chi connectivity index (χ1n) is 5.60. The lowest BCUT2D eigenvalue weighted by molar-refractivity contribution is 0.530. The topological polar surface area (TPSA) is 46.2 Å². The maximum atomic E-state index is 13.4. The average molecular weight is 324 g/mol. The highest BCUT2D eigenvalue weighted by Gasteiger charge is 2.24. The van der Waals surface area contributed by atoms with Crippen LogP contribution >= 0.6 is 23.2 Å². The van der Waals surface area contributed by atoms with Crippen LogP contribution in [0, 0.1) is 5.82 Å². The van der Waals surface area contributed by atoms with Crippen LogP contribution in [-0.2, 0) is 9.84 Å². The number of halogens is 3. The molecular formula is C12H12Cl2FNO2S. The molecule has 3 nitrogen and oxygen atoms in total. The first-order valence-corrected chi connectivity index (χ1v) is 8.07. The van der Waals surface area contributed by atoms with E-state index in [1.54, 1.807) is 13.0 Å². The van der Waals surface area contributed by atoms with Crippen molar-refractivity contribution in [2.45, 2.75) is 19.0 Å². The number of hydrogen-bond acceptors (Lipinski definition) is 3. The predicted octanol–water partition coefficient (Wildman–Crippen LogP) is 3.09. The fraction of sp³-hybridized carbons (Fsp3) is 0.333. The molecule has 0 aromatic heterocycles. The minimum absolute atomic E-state index is 0.00499. The zero-order valence-corrected chi connectivity index (χ0v) is 12.4. The van der Waals surface area contributed by atoms with Crippen LogP contribution in [0.4, 0.5) is 4.39 Å². The number of hydrogen-bond donors (Lipinski definition) is 1. The zero-order valence-electron chi connectivity index (χ0n) is 10.0. The van der Waals surface area contributed by atoms with Gasteiger partial charge < -0.3 is 5.32 Å². The van der Waals surface area contributed by atoms with E-state index in [0.717, 1.165) is 0 Å². The molecule has 19 heavy (non-hydrogen) atoms. The third-order valence-corrected chi connectivity index (χ3v) is 4.91. The van der Waals surface area contributed by atoms with Gasteiger partial charge in [0.05, 0.1) is 10.8 Å². The zero-order chi connectivity index (χ0) is 14.2. The Morgan fingerprint density at radius 2 is 2.05 bits per heavy atom. The molecule has 0 spiro atoms. The number of benzene rings is 1. The second kappa shape index (κ2) is 5.40. The summed E-state index contributed by atoms with van der Waals surface area (Å²) in [6.07, 6.45) is 1.58. The van der Waals surface area contributed by atoms with Crippen molar-refractivity contribution in [2.75, 3.05) is 5.75 Å². The molecular weight excluding hydrogens is 312 g/mol. The molecule has 2 rings (SSSR count). The van der Waals surface area contributed by atoms with Gasteiger partial charge in [-0.15, -0.1) is 0 Å². The number of sulfone groups is 1. The van der Waals surface area contributed by atoms with E-state index in [0.29, 0.717) is 10.6 Å². The van der Waals surface area contributed by atoms with E-state index in [4.69, 9.17) is 23.2 Å². The summed E-state index contributed by atoms with van der Waals surface area (Å²) < 4.78 is 36.0. The van der Waals surface area contributed by atoms with Crippen molar-refractivity contribution in [3.05, 3.63) is 45.0 Å². The van der Waals surface area contributed by atoms with Gasteiger partial charge in [-0.1, -0.05) is 29.3 Å². The molecule has 104 valence electrons. The highest BCUT2D eigenvalue weighted by molar-refractivity contribution is 7.94. The molecule has 1 aromatic carbocycles. The van der Waals surface area contributed by atoms with Crippen molar-refractivity contribution >= 4 is 33.0 Å². The Hall–Kier alpha value is -0.620. The van der Waals surface area contributed by atoms with E-state index >= 15 is 0 Å². The summed E-state index contributed by atoms with van der Waals surface area (Å²) in [5.41, 5.74) is 0.543. The van der Waals surface area contributed by atoms with E-state index in [1.165, 1.54) is 17.5 Å². The van der Waals surface area contributed by atoms with Crippen molar-refractivity contribution < 1.29 is 12.8 Å². The van der Waals surface area contributed by atoms with Gasteiger partial charge in [0.25, 0.3) is 0 Å². The fourth-order valence-corrected chi connectivity index (χ4v) is 3.76. The van der Waals surface area contributed by atoms with Gasteiger partial charge in [0.2, 0.25) is 0 Å². The first-order chi connectivity index (χ1) is 8.78. The summed E-state index contributed by atoms with van der Waals surface area (Å²) in [5.74, 6) is -0.547. The Labute approximate surface area is 121 Å². The normalized spacial score (nSPS) is 22.6. The minimum Gasteiger partial charge on any atom is -0.303 e. The van der Waals surface area contributed by atoms with Crippen LogP contribution in [0.1, 0.15) is 18.5 Å². The van der Waals surface area contributed by atoms with Crippen LogP contribution in [0.25, 0.3) is 0 Å². The van der Waals surface area contributed by atoms with E-state index in [9.17, 15) is 12.8 Å². The molecule has 2 atom stereocenters. The third kappa shape index (κ3) is 3.48. The van der Waals surface area contributed by atoms with Crippen LogP contribution in [0.15, 0.2) is 23.6 Å². The molecule has 1 N–H and O–H groups in total. The molecule has 0 fully saturated rings. The van der Waals surface area contributed by atoms with Crippen molar-refractivity contribution in [2.24, 2.45) is 0 Å². The van der Waals surface area contributed by atoms with E-state index in [2.05, 4.69) is 5.32 Å². The second-order valence-corrected chi connectivity index (χ2v) is 7.19. The van der Waals surface area contributed by atoms with Gasteiger partial charge in [-0.2, -0.15) is 0 Å². The molecule has 0 amide bonds. The van der Waals surface area contributed by atoms with E-state index in [-0.39, 0.29) is 22.9 Å². The highest BCUT2D eigenvalue weighted by Crippen LogP contribution is 2.29.